The first kappa shape index (κ1) is 19.8. The van der Waals surface area contributed by atoms with Crippen LogP contribution in [0.2, 0.25) is 0 Å². The number of carbonyl (C=O) groups is 2. The molecule has 1 aliphatic heterocycles. The second-order valence-electron chi connectivity index (χ2n) is 7.22. The topological polar surface area (TPSA) is 73.2 Å². The van der Waals surface area contributed by atoms with Crippen molar-refractivity contribution in [1.82, 2.24) is 5.01 Å². The Kier molecular flexibility index (Phi) is 5.33. The summed E-state index contributed by atoms with van der Waals surface area (Å²) in [4.78, 5) is 27.9. The number of aryl methyl sites for hydroxylation is 1. The molecule has 0 bridgehead atoms. The van der Waals surface area contributed by atoms with Gasteiger partial charge in [-0.15, -0.1) is 0 Å². The van der Waals surface area contributed by atoms with Crippen molar-refractivity contribution in [2.24, 2.45) is 5.10 Å². The summed E-state index contributed by atoms with van der Waals surface area (Å²) in [5.41, 5.74) is 3.75. The highest BCUT2D eigenvalue weighted by atomic mass is 16.3. The molecule has 0 saturated heterocycles. The van der Waals surface area contributed by atoms with Crippen molar-refractivity contribution < 1.29 is 14.7 Å². The van der Waals surface area contributed by atoms with Crippen LogP contribution in [-0.4, -0.2) is 47.8 Å². The van der Waals surface area contributed by atoms with Crippen LogP contribution in [0.25, 0.3) is 10.8 Å². The molecule has 1 aliphatic rings. The molecule has 0 aromatic heterocycles. The monoisotopic (exact) mass is 401 g/mol. The minimum atomic E-state index is -0.421. The molecule has 0 radical (unpaired) electrons. The predicted octanol–water partition coefficient (Wildman–Crippen LogP) is 3.60. The van der Waals surface area contributed by atoms with E-state index < -0.39 is 11.8 Å². The Hall–Kier alpha value is -3.51. The van der Waals surface area contributed by atoms with Crippen molar-refractivity contribution in [2.45, 2.75) is 13.8 Å². The van der Waals surface area contributed by atoms with Gasteiger partial charge in [-0.2, -0.15) is 10.1 Å². The Morgan fingerprint density at radius 1 is 1.03 bits per heavy atom. The van der Waals surface area contributed by atoms with Gasteiger partial charge in [0.25, 0.3) is 11.8 Å². The molecule has 30 heavy (non-hydrogen) atoms. The van der Waals surface area contributed by atoms with Crippen LogP contribution in [0, 0.1) is 6.92 Å². The Morgan fingerprint density at radius 2 is 1.70 bits per heavy atom. The van der Waals surface area contributed by atoms with Gasteiger partial charge in [0, 0.05) is 24.2 Å². The summed E-state index contributed by atoms with van der Waals surface area (Å²) in [5, 5.41) is 16.0. The number of nitrogens with zero attached hydrogens (tertiary/aromatic N) is 3. The highest BCUT2D eigenvalue weighted by molar-refractivity contribution is 6.25. The lowest BCUT2D eigenvalue weighted by Gasteiger charge is -2.23. The van der Waals surface area contributed by atoms with E-state index in [-0.39, 0.29) is 6.61 Å². The molecule has 152 valence electrons. The zero-order valence-electron chi connectivity index (χ0n) is 17.0. The predicted molar refractivity (Wildman–Crippen MR) is 118 cm³/mol. The number of hydrazone groups is 1. The largest absolute Gasteiger partial charge is 0.395 e. The molecule has 3 aromatic rings. The average molecular weight is 401 g/mol. The molecule has 0 atom stereocenters. The third kappa shape index (κ3) is 3.35. The van der Waals surface area contributed by atoms with E-state index in [0.29, 0.717) is 23.1 Å². The van der Waals surface area contributed by atoms with Crippen LogP contribution >= 0.6 is 0 Å². The van der Waals surface area contributed by atoms with E-state index in [2.05, 4.69) is 10.0 Å². The third-order valence-corrected chi connectivity index (χ3v) is 5.43. The van der Waals surface area contributed by atoms with Gasteiger partial charge in [0.1, 0.15) is 0 Å². The van der Waals surface area contributed by atoms with Gasteiger partial charge in [0.05, 0.1) is 23.9 Å². The summed E-state index contributed by atoms with van der Waals surface area (Å²) >= 11 is 0. The van der Waals surface area contributed by atoms with Crippen LogP contribution in [0.1, 0.15) is 38.8 Å². The maximum absolute atomic E-state index is 12.9. The second kappa shape index (κ2) is 8.08. The summed E-state index contributed by atoms with van der Waals surface area (Å²) in [5.74, 6) is -0.843. The number of benzene rings is 3. The number of anilines is 1. The number of rotatable bonds is 6. The van der Waals surface area contributed by atoms with Crippen LogP contribution in [0.3, 0.4) is 0 Å². The van der Waals surface area contributed by atoms with Gasteiger partial charge in [-0.25, -0.2) is 0 Å². The van der Waals surface area contributed by atoms with E-state index in [4.69, 9.17) is 0 Å². The molecule has 2 amide bonds. The number of aliphatic hydroxyl groups is 1. The molecule has 0 fully saturated rings. The average Bonchev–Trinajstić information content (AvgIpc) is 2.76. The molecule has 6 heteroatoms. The Bertz CT molecular complexity index is 1120. The molecule has 4 rings (SSSR count). The summed E-state index contributed by atoms with van der Waals surface area (Å²) in [6.45, 7) is 5.42. The van der Waals surface area contributed by atoms with E-state index in [1.807, 2.05) is 56.3 Å². The Labute approximate surface area is 175 Å². The molecule has 0 saturated carbocycles. The SMILES string of the molecule is CCN(CCO)c1ccc(/C=N\N2C(=O)c3cccc4cccc(c34)C2=O)c(C)c1. The van der Waals surface area contributed by atoms with Crippen LogP contribution in [0.4, 0.5) is 5.69 Å². The van der Waals surface area contributed by atoms with Crippen molar-refractivity contribution in [2.75, 3.05) is 24.6 Å². The first-order chi connectivity index (χ1) is 14.5. The van der Waals surface area contributed by atoms with Gasteiger partial charge >= 0.3 is 0 Å². The quantitative estimate of drug-likeness (QED) is 0.506. The van der Waals surface area contributed by atoms with E-state index in [1.165, 1.54) is 0 Å². The Balaban J connectivity index is 1.65. The fourth-order valence-corrected chi connectivity index (χ4v) is 3.83. The van der Waals surface area contributed by atoms with Crippen LogP contribution < -0.4 is 4.90 Å². The summed E-state index contributed by atoms with van der Waals surface area (Å²) in [6.07, 6.45) is 1.55. The normalized spacial score (nSPS) is 13.5. The number of carbonyl (C=O) groups excluding carboxylic acids is 2. The minimum Gasteiger partial charge on any atom is -0.395 e. The molecule has 3 aromatic carbocycles. The maximum Gasteiger partial charge on any atom is 0.282 e. The summed E-state index contributed by atoms with van der Waals surface area (Å²) < 4.78 is 0. The second-order valence-corrected chi connectivity index (χ2v) is 7.22. The van der Waals surface area contributed by atoms with Crippen molar-refractivity contribution in [1.29, 1.82) is 0 Å². The van der Waals surface area contributed by atoms with Crippen molar-refractivity contribution in [3.8, 4) is 0 Å². The summed E-state index contributed by atoms with van der Waals surface area (Å²) in [7, 11) is 0. The van der Waals surface area contributed by atoms with E-state index in [1.54, 1.807) is 18.3 Å². The van der Waals surface area contributed by atoms with Crippen molar-refractivity contribution >= 4 is 34.5 Å². The first-order valence-corrected chi connectivity index (χ1v) is 9.96. The standard InChI is InChI=1S/C24H23N3O3/c1-3-26(12-13-28)19-11-10-18(16(2)14-19)15-25-27-23(29)20-8-4-6-17-7-5-9-21(22(17)20)24(27)30/h4-11,14-15,28H,3,12-13H2,1-2H3/b25-15-. The van der Waals surface area contributed by atoms with E-state index in [0.717, 1.165) is 33.8 Å². The van der Waals surface area contributed by atoms with Gasteiger partial charge in [0.2, 0.25) is 0 Å². The van der Waals surface area contributed by atoms with Gasteiger partial charge in [-0.1, -0.05) is 30.3 Å². The van der Waals surface area contributed by atoms with E-state index >= 15 is 0 Å². The van der Waals surface area contributed by atoms with Gasteiger partial charge in [-0.3, -0.25) is 9.59 Å². The molecule has 1 heterocycles. The smallest absolute Gasteiger partial charge is 0.282 e. The molecular weight excluding hydrogens is 378 g/mol. The number of amides is 2. The van der Waals surface area contributed by atoms with Gasteiger partial charge in [-0.05, 0) is 54.6 Å². The molecule has 6 nitrogen and oxygen atoms in total. The van der Waals surface area contributed by atoms with Crippen LogP contribution in [0.5, 0.6) is 0 Å². The fraction of sp³-hybridized carbons (Fsp3) is 0.208. The number of likely N-dealkylation sites (N-methyl/N-ethyl adjacent to an activating group) is 1. The zero-order valence-corrected chi connectivity index (χ0v) is 17.0. The minimum absolute atomic E-state index is 0.0868. The fourth-order valence-electron chi connectivity index (χ4n) is 3.83. The lowest BCUT2D eigenvalue weighted by molar-refractivity contribution is 0.0616. The lowest BCUT2D eigenvalue weighted by atomic mass is 9.95. The molecule has 0 spiro atoms. The van der Waals surface area contributed by atoms with Gasteiger partial charge in [0.15, 0.2) is 0 Å². The zero-order chi connectivity index (χ0) is 21.3. The van der Waals surface area contributed by atoms with Crippen LogP contribution in [0.15, 0.2) is 59.7 Å². The molecule has 0 unspecified atom stereocenters. The van der Waals surface area contributed by atoms with Crippen LogP contribution in [-0.2, 0) is 0 Å². The van der Waals surface area contributed by atoms with Gasteiger partial charge < -0.3 is 10.0 Å². The number of imide groups is 1. The molecule has 1 N–H and O–H groups in total. The molecule has 0 aliphatic carbocycles. The number of aliphatic hydroxyl groups excluding tert-OH is 1. The van der Waals surface area contributed by atoms with Crippen molar-refractivity contribution in [3.63, 3.8) is 0 Å². The Morgan fingerprint density at radius 3 is 2.27 bits per heavy atom. The lowest BCUT2D eigenvalue weighted by Crippen LogP contribution is -2.36. The highest BCUT2D eigenvalue weighted by Crippen LogP contribution is 2.30. The number of hydrogen-bond donors (Lipinski definition) is 1. The highest BCUT2D eigenvalue weighted by Gasteiger charge is 2.32. The maximum atomic E-state index is 12.9. The summed E-state index contributed by atoms with van der Waals surface area (Å²) in [6, 6.07) is 16.7. The third-order valence-electron chi connectivity index (χ3n) is 5.43. The first-order valence-electron chi connectivity index (χ1n) is 9.96. The number of hydrogen-bond acceptors (Lipinski definition) is 5. The molecular formula is C24H23N3O3. The van der Waals surface area contributed by atoms with E-state index in [9.17, 15) is 14.7 Å². The van der Waals surface area contributed by atoms with Crippen molar-refractivity contribution in [3.05, 3.63) is 76.9 Å².